The monoisotopic (exact) mass is 315 g/mol. The Morgan fingerprint density at radius 3 is 2.55 bits per heavy atom. The molecule has 0 spiro atoms. The molecule has 106 valence electrons. The number of anilines is 1. The second-order valence-corrected chi connectivity index (χ2v) is 5.99. The van der Waals surface area contributed by atoms with Gasteiger partial charge >= 0.3 is 5.97 Å². The van der Waals surface area contributed by atoms with Gasteiger partial charge in [0, 0.05) is 5.69 Å². The van der Waals surface area contributed by atoms with Gasteiger partial charge in [0.2, 0.25) is 5.09 Å². The van der Waals surface area contributed by atoms with E-state index in [1.807, 2.05) is 0 Å². The first-order valence-electron chi connectivity index (χ1n) is 5.42. The van der Waals surface area contributed by atoms with Crippen LogP contribution in [0.25, 0.3) is 0 Å². The highest BCUT2D eigenvalue weighted by Gasteiger charge is 2.19. The molecule has 8 heteroatoms. The topological polar surface area (TPSA) is 96.6 Å². The summed E-state index contributed by atoms with van der Waals surface area (Å²) in [4.78, 5) is 10.9. The first kappa shape index (κ1) is 14.4. The summed E-state index contributed by atoms with van der Waals surface area (Å²) in [5, 5.41) is 8.70. The van der Waals surface area contributed by atoms with Gasteiger partial charge < -0.3 is 9.52 Å². The van der Waals surface area contributed by atoms with Crippen LogP contribution >= 0.6 is 11.6 Å². The van der Waals surface area contributed by atoms with Crippen molar-refractivity contribution in [1.29, 1.82) is 0 Å². The zero-order valence-corrected chi connectivity index (χ0v) is 11.8. The van der Waals surface area contributed by atoms with Gasteiger partial charge in [-0.05, 0) is 37.3 Å². The van der Waals surface area contributed by atoms with Crippen LogP contribution in [0.5, 0.6) is 0 Å². The van der Waals surface area contributed by atoms with Crippen molar-refractivity contribution < 1.29 is 22.7 Å². The lowest BCUT2D eigenvalue weighted by Crippen LogP contribution is -2.12. The van der Waals surface area contributed by atoms with E-state index in [9.17, 15) is 13.2 Å². The minimum atomic E-state index is -3.90. The van der Waals surface area contributed by atoms with Crippen LogP contribution in [0, 0.1) is 6.92 Å². The highest BCUT2D eigenvalue weighted by atomic mass is 35.5. The van der Waals surface area contributed by atoms with Crippen molar-refractivity contribution in [2.75, 3.05) is 4.72 Å². The largest absolute Gasteiger partial charge is 0.478 e. The smallest absolute Gasteiger partial charge is 0.337 e. The molecule has 1 aromatic carbocycles. The molecule has 6 nitrogen and oxygen atoms in total. The van der Waals surface area contributed by atoms with Crippen LogP contribution in [0.2, 0.25) is 5.02 Å². The Bertz CT molecular complexity index is 766. The van der Waals surface area contributed by atoms with Gasteiger partial charge in [0.25, 0.3) is 10.0 Å². The van der Waals surface area contributed by atoms with E-state index in [1.54, 1.807) is 6.92 Å². The van der Waals surface area contributed by atoms with E-state index in [1.165, 1.54) is 24.3 Å². The van der Waals surface area contributed by atoms with Crippen molar-refractivity contribution in [2.45, 2.75) is 12.0 Å². The number of hydrogen-bond acceptors (Lipinski definition) is 4. The predicted octanol–water partition coefficient (Wildman–Crippen LogP) is 2.74. The molecule has 0 aliphatic rings. The Morgan fingerprint density at radius 2 is 2.00 bits per heavy atom. The van der Waals surface area contributed by atoms with E-state index in [2.05, 4.69) is 4.72 Å². The molecule has 2 N–H and O–H groups in total. The number of sulfonamides is 1. The number of aryl methyl sites for hydroxylation is 1. The fraction of sp³-hybridized carbons (Fsp3) is 0.0833. The van der Waals surface area contributed by atoms with E-state index >= 15 is 0 Å². The SMILES string of the molecule is Cc1ccc(S(=O)(=O)Nc2ccc(Cl)c(C(=O)O)c2)o1. The van der Waals surface area contributed by atoms with Gasteiger partial charge in [0.15, 0.2) is 0 Å². The average Bonchev–Trinajstić information content (AvgIpc) is 2.78. The average molecular weight is 316 g/mol. The van der Waals surface area contributed by atoms with Crippen LogP contribution in [0.4, 0.5) is 5.69 Å². The lowest BCUT2D eigenvalue weighted by Gasteiger charge is -2.07. The first-order chi connectivity index (χ1) is 9.29. The fourth-order valence-electron chi connectivity index (χ4n) is 1.51. The summed E-state index contributed by atoms with van der Waals surface area (Å²) in [6.45, 7) is 1.61. The number of halogens is 1. The van der Waals surface area contributed by atoms with Gasteiger partial charge in [-0.15, -0.1) is 0 Å². The summed E-state index contributed by atoms with van der Waals surface area (Å²) in [6.07, 6.45) is 0. The number of carbonyl (C=O) groups is 1. The summed E-state index contributed by atoms with van der Waals surface area (Å²) in [5.41, 5.74) is -0.108. The van der Waals surface area contributed by atoms with Gasteiger partial charge in [-0.3, -0.25) is 4.72 Å². The lowest BCUT2D eigenvalue weighted by atomic mass is 10.2. The van der Waals surface area contributed by atoms with Crippen molar-refractivity contribution in [3.63, 3.8) is 0 Å². The highest BCUT2D eigenvalue weighted by molar-refractivity contribution is 7.92. The first-order valence-corrected chi connectivity index (χ1v) is 7.28. The number of hydrogen-bond donors (Lipinski definition) is 2. The maximum absolute atomic E-state index is 12.0. The van der Waals surface area contributed by atoms with Gasteiger partial charge in [0.1, 0.15) is 5.76 Å². The van der Waals surface area contributed by atoms with Gasteiger partial charge in [-0.25, -0.2) is 4.79 Å². The summed E-state index contributed by atoms with van der Waals surface area (Å²) in [6, 6.07) is 6.63. The summed E-state index contributed by atoms with van der Waals surface area (Å²) < 4.78 is 31.2. The number of rotatable bonds is 4. The van der Waals surface area contributed by atoms with Crippen LogP contribution in [0.1, 0.15) is 16.1 Å². The van der Waals surface area contributed by atoms with Crippen molar-refractivity contribution in [3.8, 4) is 0 Å². The zero-order chi connectivity index (χ0) is 14.9. The molecule has 0 aliphatic carbocycles. The van der Waals surface area contributed by atoms with E-state index in [0.29, 0.717) is 5.76 Å². The van der Waals surface area contributed by atoms with Crippen LogP contribution in [0.3, 0.4) is 0 Å². The molecule has 0 saturated heterocycles. The number of benzene rings is 1. The Balaban J connectivity index is 2.35. The predicted molar refractivity (Wildman–Crippen MR) is 72.7 cm³/mol. The second-order valence-electron chi connectivity index (χ2n) is 3.97. The van der Waals surface area contributed by atoms with E-state index in [0.717, 1.165) is 6.07 Å². The standard InChI is InChI=1S/C12H10ClNO5S/c1-7-2-5-11(19-7)20(17,18)14-8-3-4-10(13)9(6-8)12(15)16/h2-6,14H,1H3,(H,15,16). The maximum atomic E-state index is 12.0. The molecule has 0 radical (unpaired) electrons. The second kappa shape index (κ2) is 5.18. The zero-order valence-electron chi connectivity index (χ0n) is 10.3. The maximum Gasteiger partial charge on any atom is 0.337 e. The third-order valence-corrected chi connectivity index (χ3v) is 4.01. The quantitative estimate of drug-likeness (QED) is 0.904. The number of carboxylic acids is 1. The third kappa shape index (κ3) is 2.94. The van der Waals surface area contributed by atoms with E-state index in [-0.39, 0.29) is 21.4 Å². The molecule has 1 aromatic heterocycles. The molecule has 0 bridgehead atoms. The molecule has 2 rings (SSSR count). The van der Waals surface area contributed by atoms with Crippen LogP contribution < -0.4 is 4.72 Å². The molecule has 1 heterocycles. The third-order valence-electron chi connectivity index (χ3n) is 2.43. The molecule has 20 heavy (non-hydrogen) atoms. The van der Waals surface area contributed by atoms with Crippen molar-refractivity contribution in [2.24, 2.45) is 0 Å². The van der Waals surface area contributed by atoms with Gasteiger partial charge in [0.05, 0.1) is 10.6 Å². The molecule has 0 atom stereocenters. The molecule has 2 aromatic rings. The minimum Gasteiger partial charge on any atom is -0.478 e. The summed E-state index contributed by atoms with van der Waals surface area (Å²) in [5.74, 6) is -0.794. The van der Waals surface area contributed by atoms with Gasteiger partial charge in [-0.2, -0.15) is 8.42 Å². The summed E-state index contributed by atoms with van der Waals surface area (Å²) >= 11 is 5.71. The highest BCUT2D eigenvalue weighted by Crippen LogP contribution is 2.23. The lowest BCUT2D eigenvalue weighted by molar-refractivity contribution is 0.0697. The van der Waals surface area contributed by atoms with E-state index < -0.39 is 16.0 Å². The Kier molecular flexibility index (Phi) is 3.74. The van der Waals surface area contributed by atoms with Crippen molar-refractivity contribution in [3.05, 3.63) is 46.7 Å². The molecule has 0 amide bonds. The number of carboxylic acid groups (broad SMARTS) is 1. The molecule has 0 aliphatic heterocycles. The number of nitrogens with one attached hydrogen (secondary N) is 1. The Morgan fingerprint density at radius 1 is 1.30 bits per heavy atom. The Hall–Kier alpha value is -1.99. The van der Waals surface area contributed by atoms with Gasteiger partial charge in [-0.1, -0.05) is 11.6 Å². The fourth-order valence-corrected chi connectivity index (χ4v) is 2.74. The normalized spacial score (nSPS) is 11.3. The van der Waals surface area contributed by atoms with Crippen LogP contribution in [-0.2, 0) is 10.0 Å². The molecular weight excluding hydrogens is 306 g/mol. The molecule has 0 fully saturated rings. The number of aromatic carboxylic acids is 1. The van der Waals surface area contributed by atoms with E-state index in [4.69, 9.17) is 21.1 Å². The Labute approximate surface area is 120 Å². The molecular formula is C12H10ClNO5S. The molecule has 0 saturated carbocycles. The van der Waals surface area contributed by atoms with Crippen LogP contribution in [0.15, 0.2) is 39.8 Å². The van der Waals surface area contributed by atoms with Crippen molar-refractivity contribution in [1.82, 2.24) is 0 Å². The van der Waals surface area contributed by atoms with Crippen molar-refractivity contribution >= 4 is 33.3 Å². The van der Waals surface area contributed by atoms with Crippen LogP contribution in [-0.4, -0.2) is 19.5 Å². The molecule has 0 unspecified atom stereocenters. The minimum absolute atomic E-state index is 0.0225. The number of furan rings is 1. The summed E-state index contributed by atoms with van der Waals surface area (Å²) in [7, 11) is -3.90.